The SMILES string of the molecule is Clc1cccc(CNCC2COC=N2)c1. The van der Waals surface area contributed by atoms with Crippen LogP contribution in [0.4, 0.5) is 0 Å². The van der Waals surface area contributed by atoms with Crippen LogP contribution in [-0.2, 0) is 11.3 Å². The van der Waals surface area contributed by atoms with Gasteiger partial charge >= 0.3 is 0 Å². The fourth-order valence-corrected chi connectivity index (χ4v) is 1.68. The molecule has 4 heteroatoms. The van der Waals surface area contributed by atoms with Crippen LogP contribution in [0.3, 0.4) is 0 Å². The van der Waals surface area contributed by atoms with Crippen molar-refractivity contribution in [1.82, 2.24) is 5.32 Å². The maximum atomic E-state index is 5.88. The fourth-order valence-electron chi connectivity index (χ4n) is 1.47. The molecule has 1 aromatic rings. The molecule has 1 unspecified atom stereocenters. The number of hydrogen-bond acceptors (Lipinski definition) is 3. The van der Waals surface area contributed by atoms with E-state index in [0.29, 0.717) is 6.61 Å². The highest BCUT2D eigenvalue weighted by molar-refractivity contribution is 6.30. The molecule has 0 fully saturated rings. The Morgan fingerprint density at radius 3 is 3.20 bits per heavy atom. The molecule has 1 heterocycles. The predicted molar refractivity (Wildman–Crippen MR) is 61.4 cm³/mol. The lowest BCUT2D eigenvalue weighted by atomic mass is 10.2. The summed E-state index contributed by atoms with van der Waals surface area (Å²) in [6.45, 7) is 2.33. The lowest BCUT2D eigenvalue weighted by molar-refractivity contribution is 0.323. The minimum absolute atomic E-state index is 0.254. The summed E-state index contributed by atoms with van der Waals surface area (Å²) in [6, 6.07) is 8.09. The predicted octanol–water partition coefficient (Wildman–Crippen LogP) is 1.86. The molecule has 0 amide bonds. The third-order valence-electron chi connectivity index (χ3n) is 2.23. The van der Waals surface area contributed by atoms with Crippen LogP contribution in [0.1, 0.15) is 5.56 Å². The normalized spacial score (nSPS) is 19.1. The molecule has 1 aromatic carbocycles. The molecule has 0 aromatic heterocycles. The van der Waals surface area contributed by atoms with Gasteiger partial charge in [-0.1, -0.05) is 23.7 Å². The highest BCUT2D eigenvalue weighted by Crippen LogP contribution is 2.10. The van der Waals surface area contributed by atoms with Gasteiger partial charge < -0.3 is 10.1 Å². The zero-order valence-electron chi connectivity index (χ0n) is 8.32. The van der Waals surface area contributed by atoms with E-state index in [1.807, 2.05) is 24.3 Å². The van der Waals surface area contributed by atoms with Crippen LogP contribution in [0.15, 0.2) is 29.3 Å². The lowest BCUT2D eigenvalue weighted by Gasteiger charge is -2.07. The minimum atomic E-state index is 0.254. The van der Waals surface area contributed by atoms with Crippen LogP contribution < -0.4 is 5.32 Å². The zero-order valence-corrected chi connectivity index (χ0v) is 9.07. The fraction of sp³-hybridized carbons (Fsp3) is 0.364. The monoisotopic (exact) mass is 224 g/mol. The quantitative estimate of drug-likeness (QED) is 0.847. The van der Waals surface area contributed by atoms with Crippen molar-refractivity contribution in [3.63, 3.8) is 0 Å². The maximum absolute atomic E-state index is 5.88. The van der Waals surface area contributed by atoms with Crippen LogP contribution in [0, 0.1) is 0 Å². The summed E-state index contributed by atoms with van der Waals surface area (Å²) in [5.41, 5.74) is 1.19. The second kappa shape index (κ2) is 5.14. The summed E-state index contributed by atoms with van der Waals surface area (Å²) in [6.07, 6.45) is 1.52. The molecule has 1 aliphatic rings. The van der Waals surface area contributed by atoms with Crippen LogP contribution in [0.5, 0.6) is 0 Å². The largest absolute Gasteiger partial charge is 0.481 e. The first-order valence-corrected chi connectivity index (χ1v) is 5.31. The zero-order chi connectivity index (χ0) is 10.5. The van der Waals surface area contributed by atoms with E-state index < -0.39 is 0 Å². The van der Waals surface area contributed by atoms with E-state index in [1.165, 1.54) is 12.0 Å². The highest BCUT2D eigenvalue weighted by Gasteiger charge is 2.10. The number of aliphatic imine (C=N–C) groups is 1. The third-order valence-corrected chi connectivity index (χ3v) is 2.47. The third kappa shape index (κ3) is 3.22. The van der Waals surface area contributed by atoms with Crippen molar-refractivity contribution in [3.8, 4) is 0 Å². The Labute approximate surface area is 94.1 Å². The summed E-state index contributed by atoms with van der Waals surface area (Å²) < 4.78 is 5.03. The number of nitrogens with one attached hydrogen (secondary N) is 1. The van der Waals surface area contributed by atoms with Crippen molar-refractivity contribution in [1.29, 1.82) is 0 Å². The van der Waals surface area contributed by atoms with Gasteiger partial charge in [0.1, 0.15) is 6.61 Å². The molecule has 1 N–H and O–H groups in total. The first-order valence-electron chi connectivity index (χ1n) is 4.93. The lowest BCUT2D eigenvalue weighted by Crippen LogP contribution is -2.26. The van der Waals surface area contributed by atoms with Crippen LogP contribution in [-0.4, -0.2) is 25.6 Å². The van der Waals surface area contributed by atoms with Crippen molar-refractivity contribution in [2.45, 2.75) is 12.6 Å². The van der Waals surface area contributed by atoms with E-state index in [4.69, 9.17) is 16.3 Å². The molecular formula is C11H13ClN2O. The van der Waals surface area contributed by atoms with E-state index in [9.17, 15) is 0 Å². The Balaban J connectivity index is 1.75. The van der Waals surface area contributed by atoms with Gasteiger partial charge in [0.2, 0.25) is 0 Å². The molecular weight excluding hydrogens is 212 g/mol. The van der Waals surface area contributed by atoms with Crippen LogP contribution >= 0.6 is 11.6 Å². The Kier molecular flexibility index (Phi) is 3.59. The minimum Gasteiger partial charge on any atom is -0.481 e. The van der Waals surface area contributed by atoms with E-state index >= 15 is 0 Å². The first kappa shape index (κ1) is 10.5. The van der Waals surface area contributed by atoms with Crippen molar-refractivity contribution < 1.29 is 4.74 Å². The van der Waals surface area contributed by atoms with Gasteiger partial charge in [-0.2, -0.15) is 0 Å². The van der Waals surface area contributed by atoms with Gasteiger partial charge in [-0.3, -0.25) is 4.99 Å². The molecule has 1 atom stereocenters. The number of halogens is 1. The van der Waals surface area contributed by atoms with Gasteiger partial charge in [0.25, 0.3) is 0 Å². The summed E-state index contributed by atoms with van der Waals surface area (Å²) in [7, 11) is 0. The number of rotatable bonds is 4. The number of hydrogen-bond donors (Lipinski definition) is 1. The van der Waals surface area contributed by atoms with E-state index in [2.05, 4.69) is 10.3 Å². The Hall–Kier alpha value is -1.06. The topological polar surface area (TPSA) is 33.6 Å². The molecule has 80 valence electrons. The summed E-state index contributed by atoms with van der Waals surface area (Å²) >= 11 is 5.88. The molecule has 0 aliphatic carbocycles. The Morgan fingerprint density at radius 1 is 1.53 bits per heavy atom. The molecule has 2 rings (SSSR count). The number of ether oxygens (including phenoxy) is 1. The van der Waals surface area contributed by atoms with Crippen molar-refractivity contribution in [2.75, 3.05) is 13.2 Å². The summed E-state index contributed by atoms with van der Waals surface area (Å²) in [4.78, 5) is 4.15. The highest BCUT2D eigenvalue weighted by atomic mass is 35.5. The van der Waals surface area contributed by atoms with Gasteiger partial charge in [0.15, 0.2) is 6.40 Å². The molecule has 15 heavy (non-hydrogen) atoms. The summed E-state index contributed by atoms with van der Waals surface area (Å²) in [5, 5.41) is 4.09. The van der Waals surface area contributed by atoms with Gasteiger partial charge in [-0.15, -0.1) is 0 Å². The molecule has 0 bridgehead atoms. The van der Waals surface area contributed by atoms with Crippen LogP contribution in [0.25, 0.3) is 0 Å². The molecule has 1 aliphatic heterocycles. The number of benzene rings is 1. The Morgan fingerprint density at radius 2 is 2.47 bits per heavy atom. The first-order chi connectivity index (χ1) is 7.34. The van der Waals surface area contributed by atoms with Crippen LogP contribution in [0.2, 0.25) is 5.02 Å². The standard InChI is InChI=1S/C11H13ClN2O/c12-10-3-1-2-9(4-10)5-13-6-11-7-15-8-14-11/h1-4,8,11,13H,5-7H2. The van der Waals surface area contributed by atoms with E-state index in [-0.39, 0.29) is 6.04 Å². The molecule has 0 spiro atoms. The molecule has 0 radical (unpaired) electrons. The van der Waals surface area contributed by atoms with E-state index in [0.717, 1.165) is 18.1 Å². The van der Waals surface area contributed by atoms with E-state index in [1.54, 1.807) is 0 Å². The maximum Gasteiger partial charge on any atom is 0.169 e. The van der Waals surface area contributed by atoms with Gasteiger partial charge in [0, 0.05) is 18.1 Å². The van der Waals surface area contributed by atoms with Gasteiger partial charge in [-0.25, -0.2) is 0 Å². The summed E-state index contributed by atoms with van der Waals surface area (Å²) in [5.74, 6) is 0. The van der Waals surface area contributed by atoms with Gasteiger partial charge in [-0.05, 0) is 17.7 Å². The molecule has 3 nitrogen and oxygen atoms in total. The second-order valence-corrected chi connectivity index (χ2v) is 3.94. The smallest absolute Gasteiger partial charge is 0.169 e. The van der Waals surface area contributed by atoms with Gasteiger partial charge in [0.05, 0.1) is 6.04 Å². The van der Waals surface area contributed by atoms with Crippen molar-refractivity contribution in [2.24, 2.45) is 4.99 Å². The van der Waals surface area contributed by atoms with Crippen molar-refractivity contribution in [3.05, 3.63) is 34.9 Å². The average Bonchev–Trinajstić information content (AvgIpc) is 2.71. The van der Waals surface area contributed by atoms with Crippen molar-refractivity contribution >= 4 is 18.0 Å². The molecule has 0 saturated heterocycles. The average molecular weight is 225 g/mol. The Bertz CT molecular complexity index is 354. The second-order valence-electron chi connectivity index (χ2n) is 3.50. The molecule has 0 saturated carbocycles. The number of nitrogens with zero attached hydrogens (tertiary/aromatic N) is 1.